The highest BCUT2D eigenvalue weighted by molar-refractivity contribution is 7.07. The number of fused-ring (bicyclic) bond motifs is 1. The van der Waals surface area contributed by atoms with Gasteiger partial charge in [0.25, 0.3) is 11.5 Å². The molecule has 4 aromatic rings. The predicted molar refractivity (Wildman–Crippen MR) is 195 cm³/mol. The number of thiazole rings is 1. The van der Waals surface area contributed by atoms with Crippen molar-refractivity contribution in [1.82, 2.24) is 4.57 Å². The van der Waals surface area contributed by atoms with Gasteiger partial charge in [-0.3, -0.25) is 14.2 Å². The molecule has 274 valence electrons. The predicted octanol–water partition coefficient (Wildman–Crippen LogP) is 3.08. The molecule has 0 fully saturated rings. The van der Waals surface area contributed by atoms with Crippen LogP contribution in [0.3, 0.4) is 0 Å². The Kier molecular flexibility index (Phi) is 11.3. The number of aromatic nitrogens is 1. The molecule has 0 saturated heterocycles. The number of nitrogens with two attached hydrogens (primary N) is 1. The number of hydrogen-bond donors (Lipinski definition) is 2. The van der Waals surface area contributed by atoms with Gasteiger partial charge in [-0.05, 0) is 72.7 Å². The Morgan fingerprint density at radius 1 is 0.788 bits per heavy atom. The van der Waals surface area contributed by atoms with Crippen molar-refractivity contribution in [2.24, 2.45) is 5.73 Å². The summed E-state index contributed by atoms with van der Waals surface area (Å²) in [5.74, 6) is -0.319. The average Bonchev–Trinajstić information content (AvgIpc) is 3.48. The third kappa shape index (κ3) is 6.82. The maximum Gasteiger partial charge on any atom is 0.338 e. The first-order valence-corrected chi connectivity index (χ1v) is 16.6. The summed E-state index contributed by atoms with van der Waals surface area (Å²) in [6.45, 7) is 1.64. The van der Waals surface area contributed by atoms with E-state index in [1.54, 1.807) is 61.5 Å². The van der Waals surface area contributed by atoms with Gasteiger partial charge in [0.1, 0.15) is 16.2 Å². The smallest absolute Gasteiger partial charge is 0.338 e. The molecule has 5 rings (SSSR count). The first-order valence-electron chi connectivity index (χ1n) is 15.8. The molecule has 1 unspecified atom stereocenters. The van der Waals surface area contributed by atoms with Crippen LogP contribution in [-0.2, 0) is 14.3 Å². The fourth-order valence-corrected chi connectivity index (χ4v) is 7.06. The zero-order valence-corrected chi connectivity index (χ0v) is 30.7. The van der Waals surface area contributed by atoms with Crippen molar-refractivity contribution < 1.29 is 47.5 Å². The summed E-state index contributed by atoms with van der Waals surface area (Å²) in [5, 5.41) is 2.91. The molecule has 0 spiro atoms. The topological polar surface area (TPSA) is 168 Å². The number of carbonyl (C=O) groups is 2. The number of rotatable bonds is 13. The van der Waals surface area contributed by atoms with E-state index in [0.717, 1.165) is 15.9 Å². The Morgan fingerprint density at radius 3 is 1.81 bits per heavy atom. The minimum Gasteiger partial charge on any atom is -0.497 e. The largest absolute Gasteiger partial charge is 0.497 e. The lowest BCUT2D eigenvalue weighted by molar-refractivity contribution is -0.138. The maximum absolute atomic E-state index is 14.6. The van der Waals surface area contributed by atoms with Crippen molar-refractivity contribution in [1.29, 1.82) is 0 Å². The fourth-order valence-electron chi connectivity index (χ4n) is 5.89. The SMILES string of the molecule is CCOC(=O)C1=C(N)n2c(s/c(=C\c3cc(OC)c(OC)c(OC)c3)c2=O)=C(C(=O)Nc2ccc(OC)cc2)C1c1cc(OC)c(OC)c(OC)c1. The van der Waals surface area contributed by atoms with Crippen LogP contribution >= 0.6 is 11.3 Å². The molecule has 1 amide bonds. The van der Waals surface area contributed by atoms with E-state index in [0.29, 0.717) is 45.6 Å². The summed E-state index contributed by atoms with van der Waals surface area (Å²) < 4.78 is 45.5. The van der Waals surface area contributed by atoms with Gasteiger partial charge in [0, 0.05) is 5.69 Å². The molecule has 0 saturated carbocycles. The van der Waals surface area contributed by atoms with E-state index in [1.165, 1.54) is 49.8 Å². The summed E-state index contributed by atoms with van der Waals surface area (Å²) in [5.41, 5.74) is 7.42. The molecule has 1 aliphatic heterocycles. The van der Waals surface area contributed by atoms with Crippen LogP contribution in [0.5, 0.6) is 40.2 Å². The van der Waals surface area contributed by atoms with Crippen LogP contribution in [0.25, 0.3) is 17.5 Å². The summed E-state index contributed by atoms with van der Waals surface area (Å²) in [6.07, 6.45) is 1.60. The van der Waals surface area contributed by atoms with Gasteiger partial charge in [0.05, 0.1) is 78.0 Å². The third-order valence-corrected chi connectivity index (χ3v) is 9.35. The standard InChI is InChI=1S/C37H39N3O11S/c1-9-51-37(43)29-28(20-17-25(47-5)32(50-8)26(18-20)48-6)30(34(41)39-21-10-12-22(44-2)13-11-21)36-40(33(29)38)35(42)27(52-36)16-19-14-23(45-3)31(49-7)24(15-19)46-4/h10-18,28H,9,38H2,1-8H3,(H,39,41)/b27-16-. The van der Waals surface area contributed by atoms with E-state index in [9.17, 15) is 14.4 Å². The van der Waals surface area contributed by atoms with E-state index >= 15 is 0 Å². The van der Waals surface area contributed by atoms with Crippen LogP contribution in [0.1, 0.15) is 24.0 Å². The fraction of sp³-hybridized carbons (Fsp3) is 0.270. The number of benzene rings is 3. The van der Waals surface area contributed by atoms with E-state index in [-0.39, 0.29) is 44.3 Å². The number of ether oxygens (including phenoxy) is 8. The molecule has 1 aliphatic rings. The van der Waals surface area contributed by atoms with Crippen LogP contribution in [0.15, 0.2) is 58.9 Å². The second-order valence-corrected chi connectivity index (χ2v) is 12.1. The molecule has 3 N–H and O–H groups in total. The Balaban J connectivity index is 1.89. The molecule has 2 heterocycles. The highest BCUT2D eigenvalue weighted by Crippen LogP contribution is 2.45. The lowest BCUT2D eigenvalue weighted by atomic mass is 9.82. The zero-order valence-electron chi connectivity index (χ0n) is 29.9. The van der Waals surface area contributed by atoms with Gasteiger partial charge in [-0.25, -0.2) is 4.79 Å². The Hall–Kier alpha value is -6.09. The van der Waals surface area contributed by atoms with Gasteiger partial charge < -0.3 is 48.9 Å². The van der Waals surface area contributed by atoms with Gasteiger partial charge in [-0.1, -0.05) is 0 Å². The molecule has 3 aromatic carbocycles. The highest BCUT2D eigenvalue weighted by atomic mass is 32.1. The number of hydrogen-bond acceptors (Lipinski definition) is 13. The monoisotopic (exact) mass is 733 g/mol. The highest BCUT2D eigenvalue weighted by Gasteiger charge is 2.40. The van der Waals surface area contributed by atoms with E-state index in [1.807, 2.05) is 0 Å². The van der Waals surface area contributed by atoms with Gasteiger partial charge in [-0.2, -0.15) is 0 Å². The zero-order chi connectivity index (χ0) is 37.7. The van der Waals surface area contributed by atoms with Gasteiger partial charge in [0.2, 0.25) is 11.5 Å². The molecule has 14 nitrogen and oxygen atoms in total. The van der Waals surface area contributed by atoms with E-state index in [4.69, 9.17) is 43.6 Å². The van der Waals surface area contributed by atoms with Gasteiger partial charge in [0.15, 0.2) is 23.0 Å². The van der Waals surface area contributed by atoms with Crippen molar-refractivity contribution in [3.05, 3.63) is 84.8 Å². The lowest BCUT2D eigenvalue weighted by Crippen LogP contribution is -2.42. The van der Waals surface area contributed by atoms with Crippen LogP contribution in [0.2, 0.25) is 0 Å². The van der Waals surface area contributed by atoms with Crippen molar-refractivity contribution >= 4 is 46.4 Å². The number of carbonyl (C=O) groups excluding carboxylic acids is 2. The van der Waals surface area contributed by atoms with Crippen molar-refractivity contribution in [3.63, 3.8) is 0 Å². The minimum atomic E-state index is -1.17. The first kappa shape index (κ1) is 37.2. The molecule has 52 heavy (non-hydrogen) atoms. The maximum atomic E-state index is 14.6. The molecule has 1 aromatic heterocycles. The quantitative estimate of drug-likeness (QED) is 0.193. The normalized spacial score (nSPS) is 14.0. The summed E-state index contributed by atoms with van der Waals surface area (Å²) in [4.78, 5) is 42.8. The number of esters is 1. The molecule has 1 atom stereocenters. The Morgan fingerprint density at radius 2 is 1.33 bits per heavy atom. The van der Waals surface area contributed by atoms with Crippen LogP contribution in [0, 0.1) is 0 Å². The van der Waals surface area contributed by atoms with E-state index < -0.39 is 23.4 Å². The number of amides is 1. The second-order valence-electron chi connectivity index (χ2n) is 11.0. The van der Waals surface area contributed by atoms with Gasteiger partial charge >= 0.3 is 5.97 Å². The molecule has 15 heteroatoms. The molecular formula is C37H39N3O11S. The second kappa shape index (κ2) is 15.9. The summed E-state index contributed by atoms with van der Waals surface area (Å²) >= 11 is 1.01. The average molecular weight is 734 g/mol. The van der Waals surface area contributed by atoms with Crippen molar-refractivity contribution in [3.8, 4) is 40.2 Å². The molecule has 0 aliphatic carbocycles. The van der Waals surface area contributed by atoms with Crippen LogP contribution in [0.4, 0.5) is 5.69 Å². The van der Waals surface area contributed by atoms with Crippen molar-refractivity contribution in [2.45, 2.75) is 12.8 Å². The number of anilines is 1. The van der Waals surface area contributed by atoms with Crippen LogP contribution in [-0.4, -0.2) is 72.8 Å². The minimum absolute atomic E-state index is 0.00345. The first-order chi connectivity index (χ1) is 25.1. The lowest BCUT2D eigenvalue weighted by Gasteiger charge is -2.28. The summed E-state index contributed by atoms with van der Waals surface area (Å²) in [7, 11) is 10.3. The van der Waals surface area contributed by atoms with Crippen molar-refractivity contribution in [2.75, 3.05) is 61.7 Å². The number of nitrogens with one attached hydrogen (secondary N) is 1. The number of methoxy groups -OCH3 is 7. The molecule has 0 bridgehead atoms. The summed E-state index contributed by atoms with van der Waals surface area (Å²) in [6, 6.07) is 13.3. The Labute approximate surface area is 303 Å². The number of nitrogens with zero attached hydrogens (tertiary/aromatic N) is 1. The third-order valence-electron chi connectivity index (χ3n) is 8.24. The molecule has 0 radical (unpaired) electrons. The van der Waals surface area contributed by atoms with E-state index in [2.05, 4.69) is 5.32 Å². The molecular weight excluding hydrogens is 694 g/mol. The van der Waals surface area contributed by atoms with Crippen LogP contribution < -0.4 is 59.0 Å². The van der Waals surface area contributed by atoms with Gasteiger partial charge in [-0.15, -0.1) is 11.3 Å². The Bertz CT molecular complexity index is 2170.